The Balaban J connectivity index is 1.44. The number of hydrogen-bond acceptors (Lipinski definition) is 3. The van der Waals surface area contributed by atoms with Crippen molar-refractivity contribution in [1.82, 2.24) is 10.2 Å². The highest BCUT2D eigenvalue weighted by atomic mass is 32.1. The summed E-state index contributed by atoms with van der Waals surface area (Å²) < 4.78 is 0. The molecule has 26 heavy (non-hydrogen) atoms. The van der Waals surface area contributed by atoms with Crippen LogP contribution in [0.25, 0.3) is 0 Å². The van der Waals surface area contributed by atoms with Gasteiger partial charge >= 0.3 is 0 Å². The van der Waals surface area contributed by atoms with Gasteiger partial charge in [-0.25, -0.2) is 0 Å². The van der Waals surface area contributed by atoms with Crippen molar-refractivity contribution >= 4 is 23.2 Å². The molecule has 1 saturated heterocycles. The fourth-order valence-corrected chi connectivity index (χ4v) is 4.29. The topological polar surface area (TPSA) is 49.4 Å². The van der Waals surface area contributed by atoms with E-state index in [4.69, 9.17) is 0 Å². The molecule has 0 aliphatic carbocycles. The van der Waals surface area contributed by atoms with Gasteiger partial charge in [0.25, 0.3) is 5.91 Å². The average molecular weight is 371 g/mol. The van der Waals surface area contributed by atoms with Crippen molar-refractivity contribution in [3.8, 4) is 0 Å². The van der Waals surface area contributed by atoms with E-state index in [1.807, 2.05) is 53.6 Å². The molecule has 138 valence electrons. The number of nitrogens with one attached hydrogen (secondary N) is 1. The summed E-state index contributed by atoms with van der Waals surface area (Å²) >= 11 is 1.51. The summed E-state index contributed by atoms with van der Waals surface area (Å²) in [6.07, 6.45) is 3.33. The standard InChI is InChI=1S/C21H26N2O2S/c1-16-11-13-26-20(16)21(25)23-12-5-8-18(15-23)14-22-19(24)10-9-17-6-3-2-4-7-17/h2-4,6-7,11,13,18H,5,8-10,12,14-15H2,1H3,(H,22,24). The van der Waals surface area contributed by atoms with Gasteiger partial charge < -0.3 is 10.2 Å². The van der Waals surface area contributed by atoms with E-state index in [2.05, 4.69) is 5.32 Å². The van der Waals surface area contributed by atoms with Crippen LogP contribution in [0.15, 0.2) is 41.8 Å². The van der Waals surface area contributed by atoms with E-state index in [-0.39, 0.29) is 11.8 Å². The SMILES string of the molecule is Cc1ccsc1C(=O)N1CCCC(CNC(=O)CCc2ccccc2)C1. The van der Waals surface area contributed by atoms with Gasteiger partial charge in [0, 0.05) is 26.1 Å². The van der Waals surface area contributed by atoms with E-state index in [1.54, 1.807) is 0 Å². The molecule has 2 amide bonds. The van der Waals surface area contributed by atoms with Gasteiger partial charge in [0.2, 0.25) is 5.91 Å². The molecule has 1 atom stereocenters. The van der Waals surface area contributed by atoms with Crippen LogP contribution in [-0.4, -0.2) is 36.3 Å². The van der Waals surface area contributed by atoms with Crippen molar-refractivity contribution < 1.29 is 9.59 Å². The smallest absolute Gasteiger partial charge is 0.264 e. The number of hydrogen-bond donors (Lipinski definition) is 1. The minimum atomic E-state index is 0.0893. The second-order valence-electron chi connectivity index (χ2n) is 6.98. The van der Waals surface area contributed by atoms with Crippen LogP contribution in [0.1, 0.15) is 40.1 Å². The molecule has 1 aliphatic rings. The molecule has 0 saturated carbocycles. The van der Waals surface area contributed by atoms with Crippen LogP contribution >= 0.6 is 11.3 Å². The summed E-state index contributed by atoms with van der Waals surface area (Å²) in [6, 6.07) is 12.1. The van der Waals surface area contributed by atoms with Crippen molar-refractivity contribution in [2.75, 3.05) is 19.6 Å². The van der Waals surface area contributed by atoms with Crippen molar-refractivity contribution in [2.24, 2.45) is 5.92 Å². The van der Waals surface area contributed by atoms with E-state index in [9.17, 15) is 9.59 Å². The van der Waals surface area contributed by atoms with Crippen molar-refractivity contribution in [3.05, 3.63) is 57.8 Å². The number of carbonyl (C=O) groups is 2. The number of nitrogens with zero attached hydrogens (tertiary/aromatic N) is 1. The van der Waals surface area contributed by atoms with Crippen molar-refractivity contribution in [2.45, 2.75) is 32.6 Å². The summed E-state index contributed by atoms with van der Waals surface area (Å²) in [6.45, 7) is 4.18. The Labute approximate surface area is 159 Å². The number of carbonyl (C=O) groups excluding carboxylic acids is 2. The highest BCUT2D eigenvalue weighted by molar-refractivity contribution is 7.12. The molecule has 4 nitrogen and oxygen atoms in total. The zero-order valence-corrected chi connectivity index (χ0v) is 16.1. The molecule has 2 aromatic rings. The first-order valence-electron chi connectivity index (χ1n) is 9.27. The maximum atomic E-state index is 12.7. The second-order valence-corrected chi connectivity index (χ2v) is 7.90. The predicted octanol–water partition coefficient (Wildman–Crippen LogP) is 3.66. The number of piperidine rings is 1. The van der Waals surface area contributed by atoms with Gasteiger partial charge in [0.15, 0.2) is 0 Å². The van der Waals surface area contributed by atoms with Crippen LogP contribution in [0.3, 0.4) is 0 Å². The first-order valence-corrected chi connectivity index (χ1v) is 10.2. The fraction of sp³-hybridized carbons (Fsp3) is 0.429. The first-order chi connectivity index (χ1) is 12.6. The molecule has 1 fully saturated rings. The van der Waals surface area contributed by atoms with Gasteiger partial charge in [-0.2, -0.15) is 0 Å². The van der Waals surface area contributed by atoms with Gasteiger partial charge in [0.1, 0.15) is 0 Å². The molecule has 3 rings (SSSR count). The van der Waals surface area contributed by atoms with E-state index in [0.29, 0.717) is 18.9 Å². The Kier molecular flexibility index (Phi) is 6.45. The van der Waals surface area contributed by atoms with E-state index < -0.39 is 0 Å². The van der Waals surface area contributed by atoms with Crippen LogP contribution in [-0.2, 0) is 11.2 Å². The predicted molar refractivity (Wildman–Crippen MR) is 105 cm³/mol. The molecule has 1 aromatic heterocycles. The lowest BCUT2D eigenvalue weighted by Gasteiger charge is -2.32. The van der Waals surface area contributed by atoms with Crippen molar-refractivity contribution in [1.29, 1.82) is 0 Å². The van der Waals surface area contributed by atoms with Crippen LogP contribution in [0.4, 0.5) is 0 Å². The highest BCUT2D eigenvalue weighted by Gasteiger charge is 2.26. The minimum absolute atomic E-state index is 0.0893. The zero-order valence-electron chi connectivity index (χ0n) is 15.2. The first kappa shape index (κ1) is 18.6. The van der Waals surface area contributed by atoms with Crippen LogP contribution in [0.5, 0.6) is 0 Å². The van der Waals surface area contributed by atoms with Crippen LogP contribution in [0.2, 0.25) is 0 Å². The summed E-state index contributed by atoms with van der Waals surface area (Å²) in [5, 5.41) is 5.02. The molecule has 0 bridgehead atoms. The average Bonchev–Trinajstić information content (AvgIpc) is 3.11. The number of thiophene rings is 1. The summed E-state index contributed by atoms with van der Waals surface area (Å²) in [5.41, 5.74) is 2.24. The van der Waals surface area contributed by atoms with Crippen molar-refractivity contribution in [3.63, 3.8) is 0 Å². The molecular weight excluding hydrogens is 344 g/mol. The number of likely N-dealkylation sites (tertiary alicyclic amines) is 1. The van der Waals surface area contributed by atoms with Crippen LogP contribution < -0.4 is 5.32 Å². The second kappa shape index (κ2) is 8.99. The molecule has 0 radical (unpaired) electrons. The molecule has 1 aromatic carbocycles. The lowest BCUT2D eigenvalue weighted by atomic mass is 9.97. The van der Waals surface area contributed by atoms with Gasteiger partial charge in [-0.05, 0) is 54.7 Å². The molecule has 1 N–H and O–H groups in total. The summed E-state index contributed by atoms with van der Waals surface area (Å²) in [7, 11) is 0. The third kappa shape index (κ3) is 4.94. The van der Waals surface area contributed by atoms with Gasteiger partial charge in [-0.1, -0.05) is 30.3 Å². The molecule has 1 aliphatic heterocycles. The monoisotopic (exact) mass is 370 g/mol. The fourth-order valence-electron chi connectivity index (χ4n) is 3.40. The van der Waals surface area contributed by atoms with Crippen LogP contribution in [0, 0.1) is 12.8 Å². The summed E-state index contributed by atoms with van der Waals surface area (Å²) in [5.74, 6) is 0.567. The van der Waals surface area contributed by atoms with E-state index in [1.165, 1.54) is 16.9 Å². The normalized spacial score (nSPS) is 17.1. The Morgan fingerprint density at radius 1 is 1.23 bits per heavy atom. The molecule has 1 unspecified atom stereocenters. The quantitative estimate of drug-likeness (QED) is 0.844. The van der Waals surface area contributed by atoms with E-state index in [0.717, 1.165) is 42.8 Å². The number of rotatable bonds is 6. The Morgan fingerprint density at radius 2 is 2.04 bits per heavy atom. The molecule has 0 spiro atoms. The number of aryl methyl sites for hydroxylation is 2. The Hall–Kier alpha value is -2.14. The third-order valence-corrected chi connectivity index (χ3v) is 5.94. The largest absolute Gasteiger partial charge is 0.356 e. The highest BCUT2D eigenvalue weighted by Crippen LogP contribution is 2.22. The van der Waals surface area contributed by atoms with E-state index >= 15 is 0 Å². The Morgan fingerprint density at radius 3 is 2.77 bits per heavy atom. The lowest BCUT2D eigenvalue weighted by Crippen LogP contribution is -2.43. The number of benzene rings is 1. The molecule has 5 heteroatoms. The maximum Gasteiger partial charge on any atom is 0.264 e. The van der Waals surface area contributed by atoms with Gasteiger partial charge in [0.05, 0.1) is 4.88 Å². The maximum absolute atomic E-state index is 12.7. The zero-order chi connectivity index (χ0) is 18.4. The Bertz CT molecular complexity index is 741. The molecule has 2 heterocycles. The molecular formula is C21H26N2O2S. The van der Waals surface area contributed by atoms with Gasteiger partial charge in [-0.15, -0.1) is 11.3 Å². The summed E-state index contributed by atoms with van der Waals surface area (Å²) in [4.78, 5) is 27.6. The van der Waals surface area contributed by atoms with Gasteiger partial charge in [-0.3, -0.25) is 9.59 Å². The lowest BCUT2D eigenvalue weighted by molar-refractivity contribution is -0.121. The minimum Gasteiger partial charge on any atom is -0.356 e. The number of amides is 2. The third-order valence-electron chi connectivity index (χ3n) is 4.93.